The fourth-order valence-electron chi connectivity index (χ4n) is 2.14. The van der Waals surface area contributed by atoms with Crippen molar-refractivity contribution in [1.29, 1.82) is 0 Å². The van der Waals surface area contributed by atoms with E-state index in [-0.39, 0.29) is 24.2 Å². The molecule has 1 fully saturated rings. The number of esters is 1. The number of rotatable bonds is 3. The number of hydrogen-bond acceptors (Lipinski definition) is 4. The number of nitrogens with one attached hydrogen (secondary N) is 1. The van der Waals surface area contributed by atoms with Crippen molar-refractivity contribution in [3.05, 3.63) is 0 Å². The van der Waals surface area contributed by atoms with Crippen molar-refractivity contribution >= 4 is 5.97 Å². The molecule has 0 radical (unpaired) electrons. The standard InChI is InChI=1S/C11H21NO3/c1-7-5-10(6-8(2)15-7)12-9(3)11(13)14-4/h7-10,12H,5-6H2,1-4H3/t7?,8?,9-,10?/m0/s1. The Hall–Kier alpha value is -0.610. The van der Waals surface area contributed by atoms with Gasteiger partial charge >= 0.3 is 5.97 Å². The fraction of sp³-hybridized carbons (Fsp3) is 0.909. The normalized spacial score (nSPS) is 33.5. The molecule has 0 aliphatic carbocycles. The third-order valence-corrected chi connectivity index (χ3v) is 2.74. The number of methoxy groups -OCH3 is 1. The zero-order chi connectivity index (χ0) is 11.4. The van der Waals surface area contributed by atoms with E-state index in [2.05, 4.69) is 23.9 Å². The summed E-state index contributed by atoms with van der Waals surface area (Å²) in [6, 6.07) is 0.107. The van der Waals surface area contributed by atoms with Gasteiger partial charge < -0.3 is 14.8 Å². The zero-order valence-corrected chi connectivity index (χ0v) is 9.95. The molecule has 2 unspecified atom stereocenters. The van der Waals surface area contributed by atoms with Gasteiger partial charge in [0.1, 0.15) is 6.04 Å². The van der Waals surface area contributed by atoms with Crippen LogP contribution in [0.15, 0.2) is 0 Å². The van der Waals surface area contributed by atoms with Crippen LogP contribution >= 0.6 is 0 Å². The van der Waals surface area contributed by atoms with E-state index < -0.39 is 0 Å². The van der Waals surface area contributed by atoms with Crippen molar-refractivity contribution in [3.8, 4) is 0 Å². The van der Waals surface area contributed by atoms with E-state index in [1.807, 2.05) is 6.92 Å². The highest BCUT2D eigenvalue weighted by atomic mass is 16.5. The molecule has 0 aromatic rings. The van der Waals surface area contributed by atoms with Crippen molar-refractivity contribution in [1.82, 2.24) is 5.32 Å². The smallest absolute Gasteiger partial charge is 0.322 e. The molecule has 1 N–H and O–H groups in total. The molecule has 1 rings (SSSR count). The van der Waals surface area contributed by atoms with Gasteiger partial charge in [0, 0.05) is 6.04 Å². The van der Waals surface area contributed by atoms with Crippen LogP contribution in [0.1, 0.15) is 33.6 Å². The second-order valence-electron chi connectivity index (χ2n) is 4.34. The zero-order valence-electron chi connectivity index (χ0n) is 9.95. The lowest BCUT2D eigenvalue weighted by Crippen LogP contribution is -2.47. The first-order valence-electron chi connectivity index (χ1n) is 5.52. The van der Waals surface area contributed by atoms with Crippen LogP contribution in [0.3, 0.4) is 0 Å². The van der Waals surface area contributed by atoms with Gasteiger partial charge in [0.15, 0.2) is 0 Å². The molecule has 1 aliphatic heterocycles. The van der Waals surface area contributed by atoms with Crippen LogP contribution in [0.4, 0.5) is 0 Å². The average Bonchev–Trinajstić information content (AvgIpc) is 2.14. The summed E-state index contributed by atoms with van der Waals surface area (Å²) in [7, 11) is 1.41. The monoisotopic (exact) mass is 215 g/mol. The van der Waals surface area contributed by atoms with Crippen LogP contribution in [0.5, 0.6) is 0 Å². The van der Waals surface area contributed by atoms with E-state index in [0.717, 1.165) is 12.8 Å². The summed E-state index contributed by atoms with van der Waals surface area (Å²) in [6.07, 6.45) is 2.42. The van der Waals surface area contributed by atoms with Crippen LogP contribution in [-0.2, 0) is 14.3 Å². The van der Waals surface area contributed by atoms with Crippen LogP contribution in [0.25, 0.3) is 0 Å². The van der Waals surface area contributed by atoms with Crippen LogP contribution in [0, 0.1) is 0 Å². The molecule has 15 heavy (non-hydrogen) atoms. The van der Waals surface area contributed by atoms with E-state index in [0.29, 0.717) is 6.04 Å². The minimum atomic E-state index is -0.238. The molecule has 0 spiro atoms. The third-order valence-electron chi connectivity index (χ3n) is 2.74. The second kappa shape index (κ2) is 5.47. The number of carbonyl (C=O) groups is 1. The Morgan fingerprint density at radius 3 is 2.40 bits per heavy atom. The van der Waals surface area contributed by atoms with Crippen molar-refractivity contribution in [2.45, 2.75) is 57.9 Å². The Kier molecular flexibility index (Phi) is 4.54. The van der Waals surface area contributed by atoms with E-state index in [4.69, 9.17) is 4.74 Å². The van der Waals surface area contributed by atoms with E-state index in [1.165, 1.54) is 7.11 Å². The van der Waals surface area contributed by atoms with Gasteiger partial charge in [-0.1, -0.05) is 0 Å². The predicted molar refractivity (Wildman–Crippen MR) is 57.6 cm³/mol. The van der Waals surface area contributed by atoms with Gasteiger partial charge in [-0.3, -0.25) is 4.79 Å². The van der Waals surface area contributed by atoms with Crippen molar-refractivity contribution in [2.75, 3.05) is 7.11 Å². The molecule has 0 bridgehead atoms. The molecule has 1 saturated heterocycles. The summed E-state index contributed by atoms with van der Waals surface area (Å²) >= 11 is 0. The average molecular weight is 215 g/mol. The minimum Gasteiger partial charge on any atom is -0.468 e. The summed E-state index contributed by atoms with van der Waals surface area (Å²) in [5.41, 5.74) is 0. The Balaban J connectivity index is 2.40. The van der Waals surface area contributed by atoms with E-state index >= 15 is 0 Å². The van der Waals surface area contributed by atoms with Gasteiger partial charge in [0.05, 0.1) is 19.3 Å². The van der Waals surface area contributed by atoms with Gasteiger partial charge in [-0.05, 0) is 33.6 Å². The summed E-state index contributed by atoms with van der Waals surface area (Å²) in [6.45, 7) is 5.96. The lowest BCUT2D eigenvalue weighted by molar-refractivity contribution is -0.143. The summed E-state index contributed by atoms with van der Waals surface area (Å²) in [4.78, 5) is 11.2. The first kappa shape index (κ1) is 12.5. The van der Waals surface area contributed by atoms with Gasteiger partial charge in [0.25, 0.3) is 0 Å². The van der Waals surface area contributed by atoms with Crippen LogP contribution in [0.2, 0.25) is 0 Å². The molecule has 1 heterocycles. The quantitative estimate of drug-likeness (QED) is 0.716. The Bertz CT molecular complexity index is 210. The SMILES string of the molecule is COC(=O)[C@H](C)NC1CC(C)OC(C)C1. The summed E-state index contributed by atoms with van der Waals surface area (Å²) < 4.78 is 10.3. The Morgan fingerprint density at radius 2 is 1.93 bits per heavy atom. The van der Waals surface area contributed by atoms with Gasteiger partial charge in [0.2, 0.25) is 0 Å². The lowest BCUT2D eigenvalue weighted by atomic mass is 9.99. The highest BCUT2D eigenvalue weighted by Gasteiger charge is 2.26. The molecule has 4 nitrogen and oxygen atoms in total. The van der Waals surface area contributed by atoms with Crippen molar-refractivity contribution in [3.63, 3.8) is 0 Å². The van der Waals surface area contributed by atoms with E-state index in [9.17, 15) is 4.79 Å². The highest BCUT2D eigenvalue weighted by molar-refractivity contribution is 5.75. The Labute approximate surface area is 91.3 Å². The molecule has 3 atom stereocenters. The maximum Gasteiger partial charge on any atom is 0.322 e. The molecule has 1 aliphatic rings. The molecule has 0 aromatic carbocycles. The van der Waals surface area contributed by atoms with Crippen LogP contribution in [-0.4, -0.2) is 37.4 Å². The number of ether oxygens (including phenoxy) is 2. The number of carbonyl (C=O) groups excluding carboxylic acids is 1. The van der Waals surface area contributed by atoms with Crippen molar-refractivity contribution < 1.29 is 14.3 Å². The molecule has 88 valence electrons. The molecule has 0 amide bonds. The fourth-order valence-corrected chi connectivity index (χ4v) is 2.14. The molecule has 0 aromatic heterocycles. The molecular weight excluding hydrogens is 194 g/mol. The lowest BCUT2D eigenvalue weighted by Gasteiger charge is -2.33. The first-order valence-corrected chi connectivity index (χ1v) is 5.52. The third kappa shape index (κ3) is 3.80. The summed E-state index contributed by atoms with van der Waals surface area (Å²) in [5, 5.41) is 3.28. The maximum atomic E-state index is 11.2. The largest absolute Gasteiger partial charge is 0.468 e. The van der Waals surface area contributed by atoms with Gasteiger partial charge in [-0.25, -0.2) is 0 Å². The van der Waals surface area contributed by atoms with Crippen molar-refractivity contribution in [2.24, 2.45) is 0 Å². The topological polar surface area (TPSA) is 47.6 Å². The van der Waals surface area contributed by atoms with Gasteiger partial charge in [-0.15, -0.1) is 0 Å². The second-order valence-corrected chi connectivity index (χ2v) is 4.34. The first-order chi connectivity index (χ1) is 7.02. The number of hydrogen-bond donors (Lipinski definition) is 1. The highest BCUT2D eigenvalue weighted by Crippen LogP contribution is 2.19. The van der Waals surface area contributed by atoms with Crippen LogP contribution < -0.4 is 5.32 Å². The molecule has 4 heteroatoms. The molecular formula is C11H21NO3. The summed E-state index contributed by atoms with van der Waals surface area (Å²) in [5.74, 6) is -0.207. The molecule has 0 saturated carbocycles. The van der Waals surface area contributed by atoms with Gasteiger partial charge in [-0.2, -0.15) is 0 Å². The van der Waals surface area contributed by atoms with E-state index in [1.54, 1.807) is 0 Å². The minimum absolute atomic E-state index is 0.207. The predicted octanol–water partition coefficient (Wildman–Crippen LogP) is 1.09. The maximum absolute atomic E-state index is 11.2. The Morgan fingerprint density at radius 1 is 1.40 bits per heavy atom.